The number of furan rings is 1. The molecule has 3 nitrogen and oxygen atoms in total. The van der Waals surface area contributed by atoms with Gasteiger partial charge in [-0.15, -0.1) is 0 Å². The number of rotatable bonds is 3. The van der Waals surface area contributed by atoms with Crippen LogP contribution in [0.3, 0.4) is 0 Å². The molecule has 1 aromatic carbocycles. The largest absolute Gasteiger partial charge is 0.469 e. The summed E-state index contributed by atoms with van der Waals surface area (Å²) < 4.78 is 5.08. The van der Waals surface area contributed by atoms with Gasteiger partial charge in [-0.05, 0) is 30.3 Å². The van der Waals surface area contributed by atoms with Crippen LogP contribution in [0.25, 0.3) is 0 Å². The fraction of sp³-hybridized carbons (Fsp3) is 0.0833. The van der Waals surface area contributed by atoms with Crippen LogP contribution in [0.2, 0.25) is 10.0 Å². The number of hydrogen-bond acceptors (Lipinski definition) is 2. The van der Waals surface area contributed by atoms with Crippen LogP contribution in [0.4, 0.5) is 5.69 Å². The molecule has 0 unspecified atom stereocenters. The average molecular weight is 270 g/mol. The Hall–Kier alpha value is -1.45. The molecule has 0 atom stereocenters. The fourth-order valence-corrected chi connectivity index (χ4v) is 1.70. The van der Waals surface area contributed by atoms with E-state index in [9.17, 15) is 4.79 Å². The van der Waals surface area contributed by atoms with Crippen molar-refractivity contribution in [3.8, 4) is 0 Å². The zero-order valence-electron chi connectivity index (χ0n) is 8.74. The molecule has 0 saturated heterocycles. The molecule has 0 radical (unpaired) electrons. The molecule has 0 spiro atoms. The summed E-state index contributed by atoms with van der Waals surface area (Å²) in [5.74, 6) is 0.393. The Bertz CT molecular complexity index is 523. The highest BCUT2D eigenvalue weighted by Crippen LogP contribution is 2.25. The van der Waals surface area contributed by atoms with E-state index in [0.29, 0.717) is 21.5 Å². The minimum atomic E-state index is -0.205. The molecule has 2 rings (SSSR count). The van der Waals surface area contributed by atoms with Crippen molar-refractivity contribution in [1.82, 2.24) is 0 Å². The highest BCUT2D eigenvalue weighted by atomic mass is 35.5. The molecule has 0 saturated carbocycles. The van der Waals surface area contributed by atoms with Gasteiger partial charge in [-0.25, -0.2) is 0 Å². The SMILES string of the molecule is O=C(Cc1ccco1)Nc1cc(Cl)ccc1Cl. The van der Waals surface area contributed by atoms with Crippen LogP contribution in [-0.4, -0.2) is 5.91 Å². The summed E-state index contributed by atoms with van der Waals surface area (Å²) in [6.07, 6.45) is 1.69. The van der Waals surface area contributed by atoms with Gasteiger partial charge >= 0.3 is 0 Å². The van der Waals surface area contributed by atoms with Crippen LogP contribution in [-0.2, 0) is 11.2 Å². The maximum atomic E-state index is 11.7. The number of carbonyl (C=O) groups is 1. The Labute approximate surface area is 108 Å². The molecule has 17 heavy (non-hydrogen) atoms. The molecule has 88 valence electrons. The lowest BCUT2D eigenvalue weighted by Gasteiger charge is -2.06. The first-order valence-electron chi connectivity index (χ1n) is 4.92. The zero-order chi connectivity index (χ0) is 12.3. The molecule has 2 aromatic rings. The molecule has 1 amide bonds. The Morgan fingerprint density at radius 3 is 2.82 bits per heavy atom. The van der Waals surface area contributed by atoms with Crippen molar-refractivity contribution in [2.75, 3.05) is 5.32 Å². The fourth-order valence-electron chi connectivity index (χ4n) is 1.36. The van der Waals surface area contributed by atoms with Crippen LogP contribution < -0.4 is 5.32 Å². The van der Waals surface area contributed by atoms with Crippen molar-refractivity contribution >= 4 is 34.8 Å². The number of benzene rings is 1. The van der Waals surface area contributed by atoms with Crippen LogP contribution in [0.1, 0.15) is 5.76 Å². The summed E-state index contributed by atoms with van der Waals surface area (Å²) in [6.45, 7) is 0. The monoisotopic (exact) mass is 269 g/mol. The van der Waals surface area contributed by atoms with Gasteiger partial charge in [0.2, 0.25) is 5.91 Å². The third-order valence-corrected chi connectivity index (χ3v) is 2.68. The lowest BCUT2D eigenvalue weighted by atomic mass is 10.3. The quantitative estimate of drug-likeness (QED) is 0.922. The first-order valence-corrected chi connectivity index (χ1v) is 5.68. The van der Waals surface area contributed by atoms with Crippen molar-refractivity contribution < 1.29 is 9.21 Å². The van der Waals surface area contributed by atoms with Crippen molar-refractivity contribution in [3.05, 3.63) is 52.4 Å². The molecule has 1 heterocycles. The maximum absolute atomic E-state index is 11.7. The van der Waals surface area contributed by atoms with Gasteiger partial charge in [0.05, 0.1) is 23.4 Å². The Kier molecular flexibility index (Phi) is 3.71. The van der Waals surface area contributed by atoms with E-state index in [2.05, 4.69) is 5.32 Å². The van der Waals surface area contributed by atoms with Gasteiger partial charge in [0, 0.05) is 5.02 Å². The molecular formula is C12H9Cl2NO2. The number of amides is 1. The maximum Gasteiger partial charge on any atom is 0.232 e. The molecule has 0 aliphatic carbocycles. The number of anilines is 1. The summed E-state index contributed by atoms with van der Waals surface area (Å²) in [4.78, 5) is 11.7. The van der Waals surface area contributed by atoms with Gasteiger partial charge in [0.15, 0.2) is 0 Å². The number of hydrogen-bond donors (Lipinski definition) is 1. The van der Waals surface area contributed by atoms with Crippen molar-refractivity contribution in [1.29, 1.82) is 0 Å². The highest BCUT2D eigenvalue weighted by molar-refractivity contribution is 6.35. The van der Waals surface area contributed by atoms with E-state index in [1.54, 1.807) is 30.3 Å². The highest BCUT2D eigenvalue weighted by Gasteiger charge is 2.08. The smallest absolute Gasteiger partial charge is 0.232 e. The standard InChI is InChI=1S/C12H9Cl2NO2/c13-8-3-4-10(14)11(6-8)15-12(16)7-9-2-1-5-17-9/h1-6H,7H2,(H,15,16). The predicted octanol–water partition coefficient (Wildman–Crippen LogP) is 3.77. The first-order chi connectivity index (χ1) is 8.15. The minimum absolute atomic E-state index is 0.163. The summed E-state index contributed by atoms with van der Waals surface area (Å²) in [5, 5.41) is 3.64. The second-order valence-corrected chi connectivity index (χ2v) is 4.27. The summed E-state index contributed by atoms with van der Waals surface area (Å²) in [5.41, 5.74) is 0.496. The predicted molar refractivity (Wildman–Crippen MR) is 67.5 cm³/mol. The normalized spacial score (nSPS) is 10.2. The molecular weight excluding hydrogens is 261 g/mol. The molecule has 0 fully saturated rings. The third-order valence-electron chi connectivity index (χ3n) is 2.12. The van der Waals surface area contributed by atoms with E-state index in [-0.39, 0.29) is 12.3 Å². The summed E-state index contributed by atoms with van der Waals surface area (Å²) >= 11 is 11.7. The van der Waals surface area contributed by atoms with Crippen LogP contribution in [0.15, 0.2) is 41.0 Å². The van der Waals surface area contributed by atoms with Gasteiger partial charge in [-0.3, -0.25) is 4.79 Å². The first kappa shape index (κ1) is 12.0. The molecule has 0 bridgehead atoms. The van der Waals surface area contributed by atoms with Gasteiger partial charge in [-0.1, -0.05) is 23.2 Å². The molecule has 1 N–H and O–H groups in total. The van der Waals surface area contributed by atoms with E-state index in [1.807, 2.05) is 0 Å². The van der Waals surface area contributed by atoms with E-state index >= 15 is 0 Å². The Morgan fingerprint density at radius 2 is 2.12 bits per heavy atom. The second-order valence-electron chi connectivity index (χ2n) is 3.43. The third kappa shape index (κ3) is 3.25. The Balaban J connectivity index is 2.05. The van der Waals surface area contributed by atoms with Crippen LogP contribution in [0, 0.1) is 0 Å². The number of halogens is 2. The van der Waals surface area contributed by atoms with E-state index in [1.165, 1.54) is 6.26 Å². The van der Waals surface area contributed by atoms with Gasteiger partial charge in [-0.2, -0.15) is 0 Å². The summed E-state index contributed by atoms with van der Waals surface area (Å²) in [7, 11) is 0. The van der Waals surface area contributed by atoms with Crippen LogP contribution in [0.5, 0.6) is 0 Å². The van der Waals surface area contributed by atoms with Gasteiger partial charge in [0.25, 0.3) is 0 Å². The zero-order valence-corrected chi connectivity index (χ0v) is 10.3. The van der Waals surface area contributed by atoms with E-state index in [4.69, 9.17) is 27.6 Å². The number of carbonyl (C=O) groups excluding carboxylic acids is 1. The molecule has 5 heteroatoms. The lowest BCUT2D eigenvalue weighted by Crippen LogP contribution is -2.14. The lowest BCUT2D eigenvalue weighted by molar-refractivity contribution is -0.115. The van der Waals surface area contributed by atoms with Crippen molar-refractivity contribution in [3.63, 3.8) is 0 Å². The van der Waals surface area contributed by atoms with E-state index < -0.39 is 0 Å². The van der Waals surface area contributed by atoms with Gasteiger partial charge < -0.3 is 9.73 Å². The van der Waals surface area contributed by atoms with Crippen LogP contribution >= 0.6 is 23.2 Å². The van der Waals surface area contributed by atoms with Crippen molar-refractivity contribution in [2.24, 2.45) is 0 Å². The van der Waals surface area contributed by atoms with E-state index in [0.717, 1.165) is 0 Å². The minimum Gasteiger partial charge on any atom is -0.469 e. The van der Waals surface area contributed by atoms with Gasteiger partial charge in [0.1, 0.15) is 5.76 Å². The summed E-state index contributed by atoms with van der Waals surface area (Å²) in [6, 6.07) is 8.36. The second kappa shape index (κ2) is 5.25. The molecule has 0 aliphatic heterocycles. The topological polar surface area (TPSA) is 42.2 Å². The number of nitrogens with one attached hydrogen (secondary N) is 1. The van der Waals surface area contributed by atoms with Crippen molar-refractivity contribution in [2.45, 2.75) is 6.42 Å². The Morgan fingerprint density at radius 1 is 1.29 bits per heavy atom. The average Bonchev–Trinajstić information content (AvgIpc) is 2.76. The molecule has 0 aliphatic rings. The molecule has 1 aromatic heterocycles.